The van der Waals surface area contributed by atoms with Crippen LogP contribution in [0.25, 0.3) is 0 Å². The van der Waals surface area contributed by atoms with E-state index in [4.69, 9.17) is 30.5 Å². The number of epoxide rings is 1. The van der Waals surface area contributed by atoms with Gasteiger partial charge in [-0.3, -0.25) is 10.1 Å². The first-order valence-electron chi connectivity index (χ1n) is 11.9. The maximum absolute atomic E-state index is 12.8. The van der Waals surface area contributed by atoms with Gasteiger partial charge < -0.3 is 29.2 Å². The highest BCUT2D eigenvalue weighted by molar-refractivity contribution is 6.31. The molecule has 2 unspecified atom stereocenters. The van der Waals surface area contributed by atoms with E-state index in [2.05, 4.69) is 10.6 Å². The maximum Gasteiger partial charge on any atom is 0.251 e. The molecule has 8 nitrogen and oxygen atoms in total. The van der Waals surface area contributed by atoms with E-state index < -0.39 is 11.4 Å². The van der Waals surface area contributed by atoms with Crippen molar-refractivity contribution in [2.45, 2.75) is 49.8 Å². The van der Waals surface area contributed by atoms with Crippen molar-refractivity contribution < 1.29 is 23.7 Å². The highest BCUT2D eigenvalue weighted by atomic mass is 35.5. The minimum Gasteiger partial charge on any atom is -0.378 e. The number of benzene rings is 2. The number of nitrogens with zero attached hydrogens (tertiary/aromatic N) is 1. The van der Waals surface area contributed by atoms with Gasteiger partial charge in [-0.1, -0.05) is 29.8 Å². The Morgan fingerprint density at radius 2 is 1.89 bits per heavy atom. The van der Waals surface area contributed by atoms with Crippen LogP contribution in [0.4, 0.5) is 5.69 Å². The molecule has 0 aliphatic carbocycles. The van der Waals surface area contributed by atoms with Crippen LogP contribution in [-0.2, 0) is 18.9 Å². The van der Waals surface area contributed by atoms with Gasteiger partial charge in [0.05, 0.1) is 19.3 Å². The van der Waals surface area contributed by atoms with E-state index in [0.717, 1.165) is 11.3 Å². The Kier molecular flexibility index (Phi) is 6.54. The molecule has 3 aliphatic rings. The van der Waals surface area contributed by atoms with Crippen LogP contribution in [-0.4, -0.2) is 69.5 Å². The summed E-state index contributed by atoms with van der Waals surface area (Å²) in [5, 5.41) is 7.12. The quantitative estimate of drug-likeness (QED) is 0.538. The Morgan fingerprint density at radius 3 is 2.60 bits per heavy atom. The molecule has 5 atom stereocenters. The first kappa shape index (κ1) is 24.5. The standard InChI is InChI=1S/C26H32ClN3O5/c1-25(2)34-22-20(13-28-24-21(33-24)18-7-5-6-8-19(18)27)32-15-26(22,35-25)14-29-23(31)16-9-11-17(12-10-16)30(3)4/h5-12,20-22,24,28H,13-15H2,1-4H3,(H,29,31)/t20-,21?,22-,24?,26+/m1/s1. The molecular formula is C26H32ClN3O5. The Hall–Kier alpha value is -2.20. The predicted octanol–water partition coefficient (Wildman–Crippen LogP) is 3.11. The number of carbonyl (C=O) groups excluding carboxylic acids is 1. The van der Waals surface area contributed by atoms with Crippen molar-refractivity contribution in [1.29, 1.82) is 0 Å². The van der Waals surface area contributed by atoms with Gasteiger partial charge in [-0.2, -0.15) is 0 Å². The molecule has 2 aromatic carbocycles. The van der Waals surface area contributed by atoms with Gasteiger partial charge in [0.2, 0.25) is 0 Å². The fraction of sp³-hybridized carbons (Fsp3) is 0.500. The van der Waals surface area contributed by atoms with Crippen molar-refractivity contribution in [3.8, 4) is 0 Å². The normalized spacial score (nSPS) is 30.7. The molecule has 5 rings (SSSR count). The molecule has 9 heteroatoms. The maximum atomic E-state index is 12.8. The van der Waals surface area contributed by atoms with Crippen molar-refractivity contribution in [1.82, 2.24) is 10.6 Å². The van der Waals surface area contributed by atoms with E-state index in [0.29, 0.717) is 23.7 Å². The van der Waals surface area contributed by atoms with E-state index in [1.807, 2.05) is 81.4 Å². The molecule has 35 heavy (non-hydrogen) atoms. The average Bonchev–Trinajstić information content (AvgIpc) is 3.45. The molecule has 188 valence electrons. The van der Waals surface area contributed by atoms with Crippen LogP contribution in [0.5, 0.6) is 0 Å². The van der Waals surface area contributed by atoms with Crippen molar-refractivity contribution >= 4 is 23.2 Å². The van der Waals surface area contributed by atoms with Crippen LogP contribution in [0.15, 0.2) is 48.5 Å². The number of fused-ring (bicyclic) bond motifs is 1. The lowest BCUT2D eigenvalue weighted by atomic mass is 9.96. The van der Waals surface area contributed by atoms with Gasteiger partial charge in [0.1, 0.15) is 24.0 Å². The molecule has 2 N–H and O–H groups in total. The van der Waals surface area contributed by atoms with Gasteiger partial charge >= 0.3 is 0 Å². The van der Waals surface area contributed by atoms with Crippen LogP contribution in [0.3, 0.4) is 0 Å². The summed E-state index contributed by atoms with van der Waals surface area (Å²) in [4.78, 5) is 14.8. The van der Waals surface area contributed by atoms with Gasteiger partial charge in [-0.05, 0) is 44.2 Å². The van der Waals surface area contributed by atoms with E-state index in [1.54, 1.807) is 0 Å². The zero-order valence-corrected chi connectivity index (χ0v) is 21.2. The van der Waals surface area contributed by atoms with Crippen LogP contribution in [0.2, 0.25) is 5.02 Å². The van der Waals surface area contributed by atoms with Crippen molar-refractivity contribution in [3.63, 3.8) is 0 Å². The van der Waals surface area contributed by atoms with E-state index in [9.17, 15) is 4.79 Å². The van der Waals surface area contributed by atoms with Crippen molar-refractivity contribution in [2.24, 2.45) is 0 Å². The topological polar surface area (TPSA) is 84.6 Å². The molecule has 0 spiro atoms. The van der Waals surface area contributed by atoms with E-state index in [-0.39, 0.29) is 37.0 Å². The molecular weight excluding hydrogens is 470 g/mol. The smallest absolute Gasteiger partial charge is 0.251 e. The summed E-state index contributed by atoms with van der Waals surface area (Å²) < 4.78 is 24.4. The second-order valence-electron chi connectivity index (χ2n) is 9.99. The molecule has 0 radical (unpaired) electrons. The lowest BCUT2D eigenvalue weighted by Gasteiger charge is -2.27. The largest absolute Gasteiger partial charge is 0.378 e. The second kappa shape index (κ2) is 9.35. The summed E-state index contributed by atoms with van der Waals surface area (Å²) in [5.41, 5.74) is 1.83. The number of halogens is 1. The molecule has 1 amide bonds. The summed E-state index contributed by atoms with van der Waals surface area (Å²) in [6.07, 6.45) is -0.790. The van der Waals surface area contributed by atoms with Crippen LogP contribution in [0.1, 0.15) is 35.9 Å². The van der Waals surface area contributed by atoms with E-state index in [1.165, 1.54) is 0 Å². The first-order valence-corrected chi connectivity index (χ1v) is 12.2. The number of ether oxygens (including phenoxy) is 4. The van der Waals surface area contributed by atoms with Gasteiger partial charge in [0.15, 0.2) is 5.79 Å². The van der Waals surface area contributed by atoms with E-state index >= 15 is 0 Å². The third-order valence-electron chi connectivity index (χ3n) is 6.68. The summed E-state index contributed by atoms with van der Waals surface area (Å²) in [5.74, 6) is -0.937. The predicted molar refractivity (Wildman–Crippen MR) is 133 cm³/mol. The molecule has 0 aromatic heterocycles. The van der Waals surface area contributed by atoms with Gasteiger partial charge in [0.25, 0.3) is 5.91 Å². The minimum atomic E-state index is -0.777. The zero-order valence-electron chi connectivity index (χ0n) is 20.4. The summed E-state index contributed by atoms with van der Waals surface area (Å²) in [6.45, 7) is 4.91. The fourth-order valence-electron chi connectivity index (χ4n) is 4.89. The van der Waals surface area contributed by atoms with Crippen molar-refractivity contribution in [3.05, 3.63) is 64.7 Å². The van der Waals surface area contributed by atoms with Crippen LogP contribution >= 0.6 is 11.6 Å². The Morgan fingerprint density at radius 1 is 1.14 bits per heavy atom. The molecule has 3 saturated heterocycles. The third kappa shape index (κ3) is 5.05. The fourth-order valence-corrected chi connectivity index (χ4v) is 5.13. The third-order valence-corrected chi connectivity index (χ3v) is 7.02. The molecule has 3 fully saturated rings. The number of rotatable bonds is 8. The molecule has 0 bridgehead atoms. The number of carbonyl (C=O) groups is 1. The average molecular weight is 502 g/mol. The van der Waals surface area contributed by atoms with Crippen LogP contribution in [0, 0.1) is 0 Å². The monoisotopic (exact) mass is 501 g/mol. The summed E-state index contributed by atoms with van der Waals surface area (Å²) in [7, 11) is 3.93. The molecule has 3 heterocycles. The number of hydrogen-bond donors (Lipinski definition) is 2. The Labute approximate surface area is 210 Å². The van der Waals surface area contributed by atoms with Gasteiger partial charge in [0, 0.05) is 42.5 Å². The lowest BCUT2D eigenvalue weighted by molar-refractivity contribution is -0.188. The number of anilines is 1. The SMILES string of the molecule is CN(C)c1ccc(C(=O)NC[C@]23CO[C@H](CNC4OC4c4ccccc4Cl)[C@H]2OC(C)(C)O3)cc1. The Bertz CT molecular complexity index is 1080. The summed E-state index contributed by atoms with van der Waals surface area (Å²) >= 11 is 6.29. The molecule has 0 saturated carbocycles. The molecule has 2 aromatic rings. The number of nitrogens with one attached hydrogen (secondary N) is 2. The number of amides is 1. The first-order chi connectivity index (χ1) is 16.7. The summed E-state index contributed by atoms with van der Waals surface area (Å²) in [6, 6.07) is 15.2. The molecule has 3 aliphatic heterocycles. The highest BCUT2D eigenvalue weighted by Gasteiger charge is 2.61. The highest BCUT2D eigenvalue weighted by Crippen LogP contribution is 2.44. The van der Waals surface area contributed by atoms with Gasteiger partial charge in [-0.15, -0.1) is 0 Å². The van der Waals surface area contributed by atoms with Crippen molar-refractivity contribution in [2.75, 3.05) is 38.7 Å². The van der Waals surface area contributed by atoms with Crippen LogP contribution < -0.4 is 15.5 Å². The number of hydrogen-bond acceptors (Lipinski definition) is 7. The second-order valence-corrected chi connectivity index (χ2v) is 10.4. The zero-order chi connectivity index (χ0) is 24.8. The Balaban J connectivity index is 1.19. The lowest BCUT2D eigenvalue weighted by Crippen LogP contribution is -2.52. The van der Waals surface area contributed by atoms with Gasteiger partial charge in [-0.25, -0.2) is 0 Å². The minimum absolute atomic E-state index is 0.0785.